The van der Waals surface area contributed by atoms with E-state index in [0.29, 0.717) is 24.6 Å². The van der Waals surface area contributed by atoms with Crippen molar-refractivity contribution in [2.45, 2.75) is 0 Å². The zero-order chi connectivity index (χ0) is 13.7. The fraction of sp³-hybridized carbons (Fsp3) is 0.273. The molecular formula is C11H12N4O4. The number of rotatable bonds is 6. The standard InChI is InChI=1S/C11H12N4O4/c1-18-7-6-12-11-14-13-10(19-11)8-2-4-9(5-3-8)15(16)17/h2-5H,6-7H2,1H3,(H,12,14). The second-order valence-electron chi connectivity index (χ2n) is 3.64. The van der Waals surface area contributed by atoms with Crippen molar-refractivity contribution in [3.63, 3.8) is 0 Å². The van der Waals surface area contributed by atoms with Crippen LogP contribution in [0.1, 0.15) is 0 Å². The minimum atomic E-state index is -0.463. The van der Waals surface area contributed by atoms with Gasteiger partial charge in [0.25, 0.3) is 5.69 Å². The summed E-state index contributed by atoms with van der Waals surface area (Å²) in [6, 6.07) is 6.18. The Bertz CT molecular complexity index is 552. The normalized spacial score (nSPS) is 10.4. The van der Waals surface area contributed by atoms with E-state index in [9.17, 15) is 10.1 Å². The Morgan fingerprint density at radius 3 is 2.74 bits per heavy atom. The number of anilines is 1. The van der Waals surface area contributed by atoms with Crippen molar-refractivity contribution < 1.29 is 14.1 Å². The van der Waals surface area contributed by atoms with Gasteiger partial charge in [-0.05, 0) is 12.1 Å². The molecule has 1 aromatic heterocycles. The molecule has 0 unspecified atom stereocenters. The fourth-order valence-corrected chi connectivity index (χ4v) is 1.40. The molecular weight excluding hydrogens is 252 g/mol. The highest BCUT2D eigenvalue weighted by atomic mass is 16.6. The van der Waals surface area contributed by atoms with Gasteiger partial charge in [0.15, 0.2) is 0 Å². The van der Waals surface area contributed by atoms with E-state index in [1.54, 1.807) is 19.2 Å². The average Bonchev–Trinajstić information content (AvgIpc) is 2.88. The molecule has 1 heterocycles. The maximum absolute atomic E-state index is 10.5. The van der Waals surface area contributed by atoms with Gasteiger partial charge in [-0.15, -0.1) is 5.10 Å². The van der Waals surface area contributed by atoms with E-state index in [1.165, 1.54) is 12.1 Å². The summed E-state index contributed by atoms with van der Waals surface area (Å²) in [5, 5.41) is 21.1. The van der Waals surface area contributed by atoms with E-state index in [1.807, 2.05) is 0 Å². The van der Waals surface area contributed by atoms with Crippen molar-refractivity contribution in [1.82, 2.24) is 10.2 Å². The highest BCUT2D eigenvalue weighted by Crippen LogP contribution is 2.22. The Hall–Kier alpha value is -2.48. The molecule has 0 saturated carbocycles. The maximum atomic E-state index is 10.5. The van der Waals surface area contributed by atoms with Crippen LogP contribution in [-0.4, -0.2) is 35.4 Å². The van der Waals surface area contributed by atoms with Gasteiger partial charge < -0.3 is 14.5 Å². The predicted octanol–water partition coefficient (Wildman–Crippen LogP) is 1.70. The number of hydrogen-bond acceptors (Lipinski definition) is 7. The van der Waals surface area contributed by atoms with Crippen LogP contribution >= 0.6 is 0 Å². The summed E-state index contributed by atoms with van der Waals surface area (Å²) in [4.78, 5) is 10.1. The second-order valence-corrected chi connectivity index (χ2v) is 3.64. The number of methoxy groups -OCH3 is 1. The van der Waals surface area contributed by atoms with Crippen LogP contribution in [0.5, 0.6) is 0 Å². The van der Waals surface area contributed by atoms with Crippen molar-refractivity contribution in [1.29, 1.82) is 0 Å². The third-order valence-electron chi connectivity index (χ3n) is 2.33. The molecule has 0 aliphatic rings. The van der Waals surface area contributed by atoms with E-state index < -0.39 is 4.92 Å². The van der Waals surface area contributed by atoms with Gasteiger partial charge in [0.2, 0.25) is 5.89 Å². The summed E-state index contributed by atoms with van der Waals surface area (Å²) < 4.78 is 10.2. The van der Waals surface area contributed by atoms with Crippen LogP contribution in [0.3, 0.4) is 0 Å². The number of nitro groups is 1. The molecule has 8 heteroatoms. The van der Waals surface area contributed by atoms with Crippen LogP contribution in [0.4, 0.5) is 11.7 Å². The monoisotopic (exact) mass is 264 g/mol. The summed E-state index contributed by atoms with van der Waals surface area (Å²) in [6.45, 7) is 1.08. The number of nitrogens with one attached hydrogen (secondary N) is 1. The topological polar surface area (TPSA) is 103 Å². The van der Waals surface area contributed by atoms with E-state index in [4.69, 9.17) is 9.15 Å². The van der Waals surface area contributed by atoms with Gasteiger partial charge in [0.05, 0.1) is 11.5 Å². The maximum Gasteiger partial charge on any atom is 0.315 e. The summed E-state index contributed by atoms with van der Waals surface area (Å²) in [5.74, 6) is 0.301. The molecule has 0 fully saturated rings. The highest BCUT2D eigenvalue weighted by molar-refractivity contribution is 5.55. The number of nitro benzene ring substituents is 1. The first-order valence-corrected chi connectivity index (χ1v) is 5.52. The fourth-order valence-electron chi connectivity index (χ4n) is 1.40. The largest absolute Gasteiger partial charge is 0.403 e. The number of aromatic nitrogens is 2. The third-order valence-corrected chi connectivity index (χ3v) is 2.33. The second kappa shape index (κ2) is 5.91. The van der Waals surface area contributed by atoms with Crippen LogP contribution in [0, 0.1) is 10.1 Å². The Morgan fingerprint density at radius 1 is 1.37 bits per heavy atom. The van der Waals surface area contributed by atoms with Gasteiger partial charge in [-0.25, -0.2) is 0 Å². The molecule has 0 aliphatic heterocycles. The van der Waals surface area contributed by atoms with Crippen LogP contribution in [-0.2, 0) is 4.74 Å². The zero-order valence-electron chi connectivity index (χ0n) is 10.2. The smallest absolute Gasteiger partial charge is 0.315 e. The van der Waals surface area contributed by atoms with E-state index in [0.717, 1.165) is 0 Å². The van der Waals surface area contributed by atoms with Gasteiger partial charge in [-0.1, -0.05) is 5.10 Å². The van der Waals surface area contributed by atoms with E-state index in [-0.39, 0.29) is 11.7 Å². The van der Waals surface area contributed by atoms with Crippen molar-refractivity contribution in [3.05, 3.63) is 34.4 Å². The molecule has 8 nitrogen and oxygen atoms in total. The van der Waals surface area contributed by atoms with Gasteiger partial charge in [0, 0.05) is 31.4 Å². The summed E-state index contributed by atoms with van der Waals surface area (Å²) >= 11 is 0. The molecule has 0 radical (unpaired) electrons. The molecule has 19 heavy (non-hydrogen) atoms. The van der Waals surface area contributed by atoms with Crippen molar-refractivity contribution in [3.8, 4) is 11.5 Å². The highest BCUT2D eigenvalue weighted by Gasteiger charge is 2.10. The summed E-state index contributed by atoms with van der Waals surface area (Å²) in [5.41, 5.74) is 0.639. The van der Waals surface area contributed by atoms with E-state index in [2.05, 4.69) is 15.5 Å². The van der Waals surface area contributed by atoms with Crippen LogP contribution in [0.25, 0.3) is 11.5 Å². The van der Waals surface area contributed by atoms with Crippen LogP contribution < -0.4 is 5.32 Å². The minimum absolute atomic E-state index is 0.0155. The summed E-state index contributed by atoms with van der Waals surface area (Å²) in [6.07, 6.45) is 0. The molecule has 1 N–H and O–H groups in total. The lowest BCUT2D eigenvalue weighted by atomic mass is 10.2. The van der Waals surface area contributed by atoms with Gasteiger partial charge in [-0.2, -0.15) is 0 Å². The van der Waals surface area contributed by atoms with Gasteiger partial charge >= 0.3 is 6.01 Å². The molecule has 0 saturated heterocycles. The van der Waals surface area contributed by atoms with Crippen molar-refractivity contribution in [2.24, 2.45) is 0 Å². The van der Waals surface area contributed by atoms with Crippen LogP contribution in [0.2, 0.25) is 0 Å². The molecule has 1 aromatic carbocycles. The lowest BCUT2D eigenvalue weighted by molar-refractivity contribution is -0.384. The molecule has 0 amide bonds. The molecule has 0 bridgehead atoms. The Morgan fingerprint density at radius 2 is 2.11 bits per heavy atom. The molecule has 0 spiro atoms. The number of nitrogens with zero attached hydrogens (tertiary/aromatic N) is 3. The lowest BCUT2D eigenvalue weighted by Gasteiger charge is -1.98. The minimum Gasteiger partial charge on any atom is -0.403 e. The third kappa shape index (κ3) is 3.26. The average molecular weight is 264 g/mol. The van der Waals surface area contributed by atoms with Crippen LogP contribution in [0.15, 0.2) is 28.7 Å². The predicted molar refractivity (Wildman–Crippen MR) is 66.8 cm³/mol. The first-order valence-electron chi connectivity index (χ1n) is 5.52. The number of hydrogen-bond donors (Lipinski definition) is 1. The Balaban J connectivity index is 2.07. The molecule has 0 atom stereocenters. The SMILES string of the molecule is COCCNc1nnc(-c2ccc([N+](=O)[O-])cc2)o1. The number of non-ortho nitro benzene ring substituents is 1. The Labute approximate surface area is 108 Å². The first kappa shape index (κ1) is 13.0. The Kier molecular flexibility index (Phi) is 4.04. The van der Waals surface area contributed by atoms with Gasteiger partial charge in [0.1, 0.15) is 0 Å². The quantitative estimate of drug-likeness (QED) is 0.481. The zero-order valence-corrected chi connectivity index (χ0v) is 10.2. The van der Waals surface area contributed by atoms with E-state index >= 15 is 0 Å². The molecule has 0 aliphatic carbocycles. The molecule has 100 valence electrons. The molecule has 2 aromatic rings. The van der Waals surface area contributed by atoms with Gasteiger partial charge in [-0.3, -0.25) is 10.1 Å². The van der Waals surface area contributed by atoms with Crippen molar-refractivity contribution >= 4 is 11.7 Å². The summed E-state index contributed by atoms with van der Waals surface area (Å²) in [7, 11) is 1.60. The number of benzene rings is 1. The molecule has 2 rings (SSSR count). The number of ether oxygens (including phenoxy) is 1. The lowest BCUT2D eigenvalue weighted by Crippen LogP contribution is -2.07. The first-order chi connectivity index (χ1) is 9.20. The van der Waals surface area contributed by atoms with Crippen molar-refractivity contribution in [2.75, 3.05) is 25.6 Å².